The molecule has 178 valence electrons. The fourth-order valence-electron chi connectivity index (χ4n) is 7.32. The summed E-state index contributed by atoms with van der Waals surface area (Å²) in [6, 6.07) is 13.5. The van der Waals surface area contributed by atoms with Gasteiger partial charge in [0.25, 0.3) is 0 Å². The molecule has 6 rings (SSSR count). The average Bonchev–Trinajstić information content (AvgIpc) is 2.82. The summed E-state index contributed by atoms with van der Waals surface area (Å²) in [6.07, 6.45) is 12.1. The minimum Gasteiger partial charge on any atom is -0.493 e. The smallest absolute Gasteiger partial charge is 0.336 e. The van der Waals surface area contributed by atoms with E-state index in [0.29, 0.717) is 17.7 Å². The third-order valence-corrected chi connectivity index (χ3v) is 8.33. The van der Waals surface area contributed by atoms with E-state index in [-0.39, 0.29) is 5.41 Å². The van der Waals surface area contributed by atoms with Crippen molar-refractivity contribution in [1.29, 1.82) is 0 Å². The minimum atomic E-state index is -0.905. The van der Waals surface area contributed by atoms with Crippen LogP contribution in [0.5, 0.6) is 5.75 Å². The molecule has 1 N–H and O–H groups in total. The number of ether oxygens (including phenoxy) is 1. The number of rotatable bonds is 8. The van der Waals surface area contributed by atoms with Crippen molar-refractivity contribution in [3.8, 4) is 17.6 Å². The number of hydrogen-bond donors (Lipinski definition) is 1. The van der Waals surface area contributed by atoms with Gasteiger partial charge in [0.2, 0.25) is 0 Å². The van der Waals surface area contributed by atoms with Gasteiger partial charge in [-0.1, -0.05) is 56.2 Å². The number of aromatic carboxylic acids is 1. The van der Waals surface area contributed by atoms with Crippen LogP contribution in [0.25, 0.3) is 0 Å². The highest BCUT2D eigenvalue weighted by Gasteiger charge is 2.53. The molecule has 2 aromatic carbocycles. The first-order chi connectivity index (χ1) is 16.6. The maximum atomic E-state index is 12.3. The third kappa shape index (κ3) is 4.61. The van der Waals surface area contributed by atoms with Gasteiger partial charge in [-0.25, -0.2) is 4.79 Å². The maximum Gasteiger partial charge on any atom is 0.336 e. The molecule has 4 saturated carbocycles. The summed E-state index contributed by atoms with van der Waals surface area (Å²) in [6.45, 7) is 2.89. The Kier molecular flexibility index (Phi) is 6.68. The Balaban J connectivity index is 1.60. The molecule has 4 aliphatic carbocycles. The average molecular weight is 457 g/mol. The lowest BCUT2D eigenvalue weighted by atomic mass is 9.47. The highest BCUT2D eigenvalue weighted by Crippen LogP contribution is 2.62. The van der Waals surface area contributed by atoms with Crippen LogP contribution in [0, 0.1) is 29.6 Å². The summed E-state index contributed by atoms with van der Waals surface area (Å²) in [5, 5.41) is 10.1. The van der Waals surface area contributed by atoms with Crippen molar-refractivity contribution in [2.24, 2.45) is 17.8 Å². The number of unbranched alkanes of at least 4 members (excludes halogenated alkanes) is 3. The number of carbonyl (C=O) groups is 1. The van der Waals surface area contributed by atoms with Gasteiger partial charge in [-0.3, -0.25) is 0 Å². The highest BCUT2D eigenvalue weighted by atomic mass is 16.5. The summed E-state index contributed by atoms with van der Waals surface area (Å²) >= 11 is 0. The van der Waals surface area contributed by atoms with Crippen LogP contribution in [-0.2, 0) is 5.41 Å². The van der Waals surface area contributed by atoms with Crippen molar-refractivity contribution < 1.29 is 14.6 Å². The van der Waals surface area contributed by atoms with Gasteiger partial charge in [0, 0.05) is 22.1 Å². The molecule has 3 nitrogen and oxygen atoms in total. The fourth-order valence-corrected chi connectivity index (χ4v) is 7.32. The van der Waals surface area contributed by atoms with E-state index in [1.54, 1.807) is 6.07 Å². The van der Waals surface area contributed by atoms with E-state index >= 15 is 0 Å². The SMILES string of the molecule is CCCCCCOc1ccc(C(=O)O)c(C#Cc2ccccc2)c1C12CC3CC(CC(C3)C1)C2. The van der Waals surface area contributed by atoms with Crippen molar-refractivity contribution >= 4 is 5.97 Å². The Morgan fingerprint density at radius 2 is 1.62 bits per heavy atom. The minimum absolute atomic E-state index is 0.000334. The van der Waals surface area contributed by atoms with Crippen molar-refractivity contribution in [3.63, 3.8) is 0 Å². The maximum absolute atomic E-state index is 12.3. The lowest BCUT2D eigenvalue weighted by Crippen LogP contribution is -2.49. The second-order valence-corrected chi connectivity index (χ2v) is 10.9. The van der Waals surface area contributed by atoms with E-state index in [1.807, 2.05) is 36.4 Å². The molecule has 34 heavy (non-hydrogen) atoms. The van der Waals surface area contributed by atoms with Gasteiger partial charge in [0.1, 0.15) is 5.75 Å². The first-order valence-corrected chi connectivity index (χ1v) is 13.2. The quantitative estimate of drug-likeness (QED) is 0.337. The molecule has 4 fully saturated rings. The fraction of sp³-hybridized carbons (Fsp3) is 0.516. The topological polar surface area (TPSA) is 46.5 Å². The molecule has 0 aliphatic heterocycles. The first kappa shape index (κ1) is 23.0. The molecule has 0 unspecified atom stereocenters. The van der Waals surface area contributed by atoms with E-state index in [0.717, 1.165) is 66.7 Å². The van der Waals surface area contributed by atoms with Crippen LogP contribution in [0.4, 0.5) is 0 Å². The van der Waals surface area contributed by atoms with Crippen LogP contribution in [-0.4, -0.2) is 17.7 Å². The molecule has 0 aromatic heterocycles. The van der Waals surface area contributed by atoms with Crippen LogP contribution >= 0.6 is 0 Å². The monoisotopic (exact) mass is 456 g/mol. The standard InChI is InChI=1S/C31H36O3/c1-2-3-4-8-15-34-28-14-13-27(30(32)33)26(12-11-22-9-6-5-7-10-22)29(28)31-19-23-16-24(20-31)18-25(17-23)21-31/h5-7,9-10,13-14,23-25H,2-4,8,15-21H2,1H3,(H,32,33). The predicted octanol–water partition coefficient (Wildman–Crippen LogP) is 7.21. The molecule has 2 aromatic rings. The summed E-state index contributed by atoms with van der Waals surface area (Å²) in [5.74, 6) is 8.86. The lowest BCUT2D eigenvalue weighted by Gasteiger charge is -2.57. The Labute approximate surface area is 203 Å². The predicted molar refractivity (Wildman–Crippen MR) is 135 cm³/mol. The summed E-state index contributed by atoms with van der Waals surface area (Å²) in [7, 11) is 0. The van der Waals surface area contributed by atoms with Crippen LogP contribution in [0.3, 0.4) is 0 Å². The molecule has 0 radical (unpaired) electrons. The number of hydrogen-bond acceptors (Lipinski definition) is 2. The normalized spacial score (nSPS) is 26.7. The Morgan fingerprint density at radius 3 is 2.24 bits per heavy atom. The molecule has 0 spiro atoms. The lowest BCUT2D eigenvalue weighted by molar-refractivity contribution is -0.00654. The van der Waals surface area contributed by atoms with Crippen LogP contribution in [0.2, 0.25) is 0 Å². The summed E-state index contributed by atoms with van der Waals surface area (Å²) in [5.41, 5.74) is 3.00. The largest absolute Gasteiger partial charge is 0.493 e. The van der Waals surface area contributed by atoms with Crippen molar-refractivity contribution in [3.05, 3.63) is 64.7 Å². The summed E-state index contributed by atoms with van der Waals surface area (Å²) in [4.78, 5) is 12.3. The molecular weight excluding hydrogens is 420 g/mol. The van der Waals surface area contributed by atoms with Gasteiger partial charge in [0.05, 0.1) is 12.2 Å². The number of carboxylic acids is 1. The van der Waals surface area contributed by atoms with E-state index < -0.39 is 5.97 Å². The van der Waals surface area contributed by atoms with Gasteiger partial charge < -0.3 is 9.84 Å². The van der Waals surface area contributed by atoms with Crippen molar-refractivity contribution in [1.82, 2.24) is 0 Å². The van der Waals surface area contributed by atoms with Crippen LogP contribution in [0.15, 0.2) is 42.5 Å². The first-order valence-electron chi connectivity index (χ1n) is 13.2. The number of benzene rings is 2. The Hall–Kier alpha value is -2.73. The Bertz CT molecular complexity index is 1050. The molecular formula is C31H36O3. The highest BCUT2D eigenvalue weighted by molar-refractivity contribution is 5.92. The molecule has 4 bridgehead atoms. The number of carboxylic acid groups (broad SMARTS) is 1. The van der Waals surface area contributed by atoms with Crippen LogP contribution < -0.4 is 4.74 Å². The van der Waals surface area contributed by atoms with E-state index in [1.165, 1.54) is 32.1 Å². The zero-order valence-electron chi connectivity index (χ0n) is 20.3. The second kappa shape index (κ2) is 9.87. The Morgan fingerprint density at radius 1 is 0.941 bits per heavy atom. The van der Waals surface area contributed by atoms with Crippen LogP contribution in [0.1, 0.15) is 98.2 Å². The zero-order valence-corrected chi connectivity index (χ0v) is 20.3. The zero-order chi connectivity index (χ0) is 23.5. The summed E-state index contributed by atoms with van der Waals surface area (Å²) < 4.78 is 6.44. The molecule has 0 atom stereocenters. The van der Waals surface area contributed by atoms with E-state index in [2.05, 4.69) is 18.8 Å². The molecule has 3 heteroatoms. The van der Waals surface area contributed by atoms with Gasteiger partial charge in [0.15, 0.2) is 0 Å². The van der Waals surface area contributed by atoms with E-state index in [9.17, 15) is 9.90 Å². The molecule has 0 saturated heterocycles. The third-order valence-electron chi connectivity index (χ3n) is 8.33. The second-order valence-electron chi connectivity index (χ2n) is 10.9. The molecule has 4 aliphatic rings. The van der Waals surface area contributed by atoms with Crippen molar-refractivity contribution in [2.45, 2.75) is 76.5 Å². The van der Waals surface area contributed by atoms with Crippen molar-refractivity contribution in [2.75, 3.05) is 6.61 Å². The van der Waals surface area contributed by atoms with E-state index in [4.69, 9.17) is 4.74 Å². The van der Waals surface area contributed by atoms with Gasteiger partial charge >= 0.3 is 5.97 Å². The van der Waals surface area contributed by atoms with Gasteiger partial charge in [-0.2, -0.15) is 0 Å². The van der Waals surface area contributed by atoms with Gasteiger partial charge in [-0.05, 0) is 87.0 Å². The molecule has 0 amide bonds. The molecule has 0 heterocycles. The van der Waals surface area contributed by atoms with Gasteiger partial charge in [-0.15, -0.1) is 0 Å².